The van der Waals surface area contributed by atoms with Gasteiger partial charge in [-0.1, -0.05) is 0 Å². The van der Waals surface area contributed by atoms with E-state index in [1.165, 1.54) is 0 Å². The Morgan fingerprint density at radius 1 is 1.61 bits per heavy atom. The Kier molecular flexibility index (Phi) is 4.34. The highest BCUT2D eigenvalue weighted by molar-refractivity contribution is 5.92. The lowest BCUT2D eigenvalue weighted by Crippen LogP contribution is -2.10. The Hall–Kier alpha value is -2.46. The molecule has 0 saturated heterocycles. The molecule has 1 N–H and O–H groups in total. The first-order valence-electron chi connectivity index (χ1n) is 5.04. The quantitative estimate of drug-likeness (QED) is 0.486. The monoisotopic (exact) mass is 250 g/mol. The summed E-state index contributed by atoms with van der Waals surface area (Å²) in [7, 11) is 0. The normalized spacial score (nSPS) is 9.61. The number of nitriles is 1. The Bertz CT molecular complexity index is 533. The SMILES string of the molecule is CCOC(=O)c1cc([N+](=O)[O-])c(C#N)cc1CO. The first kappa shape index (κ1) is 13.6. The third kappa shape index (κ3) is 2.61. The summed E-state index contributed by atoms with van der Waals surface area (Å²) in [5, 5.41) is 28.6. The van der Waals surface area contributed by atoms with Crippen LogP contribution in [-0.2, 0) is 11.3 Å². The van der Waals surface area contributed by atoms with Crippen molar-refractivity contribution in [3.05, 3.63) is 38.9 Å². The van der Waals surface area contributed by atoms with Crippen molar-refractivity contribution in [2.24, 2.45) is 0 Å². The number of rotatable bonds is 4. The van der Waals surface area contributed by atoms with Gasteiger partial charge in [-0.15, -0.1) is 0 Å². The molecule has 0 saturated carbocycles. The van der Waals surface area contributed by atoms with Crippen LogP contribution in [-0.4, -0.2) is 22.6 Å². The number of esters is 1. The molecule has 0 atom stereocenters. The van der Waals surface area contributed by atoms with Gasteiger partial charge in [-0.05, 0) is 18.6 Å². The number of carbonyl (C=O) groups excluding carboxylic acids is 1. The fourth-order valence-electron chi connectivity index (χ4n) is 1.40. The minimum atomic E-state index is -0.769. The molecule has 1 aromatic rings. The molecule has 7 heteroatoms. The molecule has 1 aromatic carbocycles. The van der Waals surface area contributed by atoms with E-state index < -0.39 is 23.2 Å². The van der Waals surface area contributed by atoms with Gasteiger partial charge in [0.25, 0.3) is 5.69 Å². The van der Waals surface area contributed by atoms with Gasteiger partial charge in [0.2, 0.25) is 0 Å². The maximum absolute atomic E-state index is 11.6. The highest BCUT2D eigenvalue weighted by Crippen LogP contribution is 2.24. The van der Waals surface area contributed by atoms with Crippen molar-refractivity contribution in [3.63, 3.8) is 0 Å². The van der Waals surface area contributed by atoms with Gasteiger partial charge in [0, 0.05) is 6.07 Å². The molecular formula is C11H10N2O5. The van der Waals surface area contributed by atoms with Gasteiger partial charge in [0.15, 0.2) is 0 Å². The average Bonchev–Trinajstić information content (AvgIpc) is 2.37. The number of nitro groups is 1. The lowest BCUT2D eigenvalue weighted by atomic mass is 10.0. The van der Waals surface area contributed by atoms with Gasteiger partial charge in [0.1, 0.15) is 11.6 Å². The van der Waals surface area contributed by atoms with Crippen molar-refractivity contribution in [1.82, 2.24) is 0 Å². The standard InChI is InChI=1S/C11H10N2O5/c1-2-18-11(15)9-4-10(13(16)17)7(5-12)3-8(9)6-14/h3-4,14H,2,6H2,1H3. The zero-order valence-corrected chi connectivity index (χ0v) is 9.54. The van der Waals surface area contributed by atoms with Crippen molar-refractivity contribution in [3.8, 4) is 6.07 Å². The highest BCUT2D eigenvalue weighted by Gasteiger charge is 2.22. The van der Waals surface area contributed by atoms with Crippen LogP contribution >= 0.6 is 0 Å². The minimum absolute atomic E-state index is 0.106. The molecule has 1 rings (SSSR count). The van der Waals surface area contributed by atoms with Gasteiger partial charge in [0.05, 0.1) is 23.7 Å². The summed E-state index contributed by atoms with van der Waals surface area (Å²) in [6, 6.07) is 3.71. The number of hydrogen-bond donors (Lipinski definition) is 1. The predicted molar refractivity (Wildman–Crippen MR) is 59.7 cm³/mol. The van der Waals surface area contributed by atoms with Crippen molar-refractivity contribution in [2.75, 3.05) is 6.61 Å². The number of nitro benzene ring substituents is 1. The second-order valence-corrected chi connectivity index (χ2v) is 3.27. The Morgan fingerprint density at radius 2 is 2.28 bits per heavy atom. The maximum atomic E-state index is 11.6. The molecule has 0 aliphatic heterocycles. The van der Waals surface area contributed by atoms with Gasteiger partial charge < -0.3 is 9.84 Å². The molecule has 0 spiro atoms. The largest absolute Gasteiger partial charge is 0.462 e. The topological polar surface area (TPSA) is 113 Å². The number of ether oxygens (including phenoxy) is 1. The smallest absolute Gasteiger partial charge is 0.338 e. The average molecular weight is 250 g/mol. The molecule has 0 heterocycles. The maximum Gasteiger partial charge on any atom is 0.338 e. The summed E-state index contributed by atoms with van der Waals surface area (Å²) in [5.41, 5.74) is -0.685. The molecule has 94 valence electrons. The zero-order chi connectivity index (χ0) is 13.7. The lowest BCUT2D eigenvalue weighted by molar-refractivity contribution is -0.385. The third-order valence-corrected chi connectivity index (χ3v) is 2.20. The molecule has 0 aromatic heterocycles. The molecular weight excluding hydrogens is 240 g/mol. The second-order valence-electron chi connectivity index (χ2n) is 3.27. The summed E-state index contributed by atoms with van der Waals surface area (Å²) < 4.78 is 4.72. The van der Waals surface area contributed by atoms with E-state index in [0.717, 1.165) is 12.1 Å². The second kappa shape index (κ2) is 5.75. The number of benzene rings is 1. The van der Waals surface area contributed by atoms with E-state index >= 15 is 0 Å². The van der Waals surface area contributed by atoms with Gasteiger partial charge in [-0.3, -0.25) is 10.1 Å². The first-order valence-corrected chi connectivity index (χ1v) is 5.04. The molecule has 0 fully saturated rings. The molecule has 0 aliphatic carbocycles. The van der Waals surface area contributed by atoms with Crippen LogP contribution in [0.2, 0.25) is 0 Å². The fourth-order valence-corrected chi connectivity index (χ4v) is 1.40. The summed E-state index contributed by atoms with van der Waals surface area (Å²) in [5.74, 6) is -0.769. The van der Waals surface area contributed by atoms with Crippen LogP contribution in [0.25, 0.3) is 0 Å². The number of aliphatic hydroxyl groups is 1. The van der Waals surface area contributed by atoms with Gasteiger partial charge in [-0.2, -0.15) is 5.26 Å². The van der Waals surface area contributed by atoms with E-state index in [0.29, 0.717) is 0 Å². The zero-order valence-electron chi connectivity index (χ0n) is 9.54. The molecule has 0 radical (unpaired) electrons. The van der Waals surface area contributed by atoms with E-state index in [9.17, 15) is 14.9 Å². The highest BCUT2D eigenvalue weighted by atomic mass is 16.6. The predicted octanol–water partition coefficient (Wildman–Crippen LogP) is 1.14. The van der Waals surface area contributed by atoms with E-state index in [-0.39, 0.29) is 23.3 Å². The van der Waals surface area contributed by atoms with Crippen molar-refractivity contribution in [2.45, 2.75) is 13.5 Å². The van der Waals surface area contributed by atoms with Gasteiger partial charge >= 0.3 is 5.97 Å². The van der Waals surface area contributed by atoms with Crippen LogP contribution in [0, 0.1) is 21.4 Å². The van der Waals surface area contributed by atoms with Crippen LogP contribution in [0.4, 0.5) is 5.69 Å². The van der Waals surface area contributed by atoms with Crippen molar-refractivity contribution in [1.29, 1.82) is 5.26 Å². The molecule has 0 unspecified atom stereocenters. The molecule has 0 bridgehead atoms. The van der Waals surface area contributed by atoms with Crippen LogP contribution in [0.3, 0.4) is 0 Å². The molecule has 0 aliphatic rings. The number of hydrogen-bond acceptors (Lipinski definition) is 6. The van der Waals surface area contributed by atoms with E-state index in [4.69, 9.17) is 15.1 Å². The number of aliphatic hydroxyl groups excluding tert-OH is 1. The number of carbonyl (C=O) groups is 1. The van der Waals surface area contributed by atoms with E-state index in [1.807, 2.05) is 0 Å². The van der Waals surface area contributed by atoms with Crippen molar-refractivity contribution < 1.29 is 19.6 Å². The Balaban J connectivity index is 3.42. The lowest BCUT2D eigenvalue weighted by Gasteiger charge is -2.07. The molecule has 18 heavy (non-hydrogen) atoms. The van der Waals surface area contributed by atoms with Crippen LogP contribution in [0.1, 0.15) is 28.4 Å². The molecule has 0 amide bonds. The van der Waals surface area contributed by atoms with E-state index in [1.54, 1.807) is 13.0 Å². The summed E-state index contributed by atoms with van der Waals surface area (Å²) in [6.45, 7) is 1.19. The van der Waals surface area contributed by atoms with Crippen molar-refractivity contribution >= 4 is 11.7 Å². The Morgan fingerprint density at radius 3 is 2.72 bits per heavy atom. The van der Waals surface area contributed by atoms with Crippen LogP contribution in [0.5, 0.6) is 0 Å². The van der Waals surface area contributed by atoms with Crippen LogP contribution in [0.15, 0.2) is 12.1 Å². The first-order chi connectivity index (χ1) is 8.54. The minimum Gasteiger partial charge on any atom is -0.462 e. The van der Waals surface area contributed by atoms with Crippen LogP contribution < -0.4 is 0 Å². The van der Waals surface area contributed by atoms with E-state index in [2.05, 4.69) is 0 Å². The summed E-state index contributed by atoms with van der Waals surface area (Å²) >= 11 is 0. The fraction of sp³-hybridized carbons (Fsp3) is 0.273. The molecule has 7 nitrogen and oxygen atoms in total. The van der Waals surface area contributed by atoms with Gasteiger partial charge in [-0.25, -0.2) is 4.79 Å². The third-order valence-electron chi connectivity index (χ3n) is 2.20. The Labute approximate surface area is 102 Å². The summed E-state index contributed by atoms with van der Waals surface area (Å²) in [4.78, 5) is 21.6. The summed E-state index contributed by atoms with van der Waals surface area (Å²) in [6.07, 6.45) is 0. The number of nitrogens with zero attached hydrogens (tertiary/aromatic N) is 2.